The number of esters is 1. The number of carbonyl (C=O) groups excluding carboxylic acids is 1. The molecular weight excluding hydrogens is 364 g/mol. The fraction of sp³-hybridized carbons (Fsp3) is 0.190. The zero-order chi connectivity index (χ0) is 19.4. The molecule has 0 aromatic heterocycles. The molecule has 0 heterocycles. The minimum Gasteiger partial charge on any atom is -0.497 e. The minimum absolute atomic E-state index is 0.00288. The van der Waals surface area contributed by atoms with Crippen LogP contribution in [-0.2, 0) is 21.2 Å². The van der Waals surface area contributed by atoms with Gasteiger partial charge in [-0.05, 0) is 46.7 Å². The summed E-state index contributed by atoms with van der Waals surface area (Å²) in [5.74, 6) is 0.0405. The Morgan fingerprint density at radius 1 is 0.963 bits per heavy atom. The first-order chi connectivity index (χ1) is 12.9. The number of hydrogen-bond acceptors (Lipinski definition) is 5. The average Bonchev–Trinajstić information content (AvgIpc) is 2.71. The molecule has 0 unspecified atom stereocenters. The first-order valence-electron chi connectivity index (χ1n) is 8.50. The van der Waals surface area contributed by atoms with E-state index in [-0.39, 0.29) is 22.8 Å². The van der Waals surface area contributed by atoms with Crippen molar-refractivity contribution in [2.75, 3.05) is 12.9 Å². The molecular formula is C21H20O5S. The maximum absolute atomic E-state index is 12.4. The lowest BCUT2D eigenvalue weighted by Gasteiger charge is -2.10. The second-order valence-electron chi connectivity index (χ2n) is 6.02. The van der Waals surface area contributed by atoms with Crippen molar-refractivity contribution < 1.29 is 22.7 Å². The van der Waals surface area contributed by atoms with Crippen molar-refractivity contribution >= 4 is 26.6 Å². The van der Waals surface area contributed by atoms with E-state index in [0.29, 0.717) is 0 Å². The molecule has 0 saturated heterocycles. The number of methoxy groups -OCH3 is 1. The highest BCUT2D eigenvalue weighted by molar-refractivity contribution is 7.91. The third-order valence-electron chi connectivity index (χ3n) is 4.30. The summed E-state index contributed by atoms with van der Waals surface area (Å²) in [6.45, 7) is 1.60. The molecule has 0 aliphatic rings. The van der Waals surface area contributed by atoms with Gasteiger partial charge in [-0.3, -0.25) is 0 Å². The molecule has 3 aromatic carbocycles. The van der Waals surface area contributed by atoms with Crippen LogP contribution in [0, 0.1) is 0 Å². The van der Waals surface area contributed by atoms with Crippen LogP contribution in [0.2, 0.25) is 0 Å². The summed E-state index contributed by atoms with van der Waals surface area (Å²) >= 11 is 0. The van der Waals surface area contributed by atoms with E-state index in [4.69, 9.17) is 9.47 Å². The van der Waals surface area contributed by atoms with Crippen molar-refractivity contribution in [3.8, 4) is 5.75 Å². The lowest BCUT2D eigenvalue weighted by Crippen LogP contribution is -2.13. The van der Waals surface area contributed by atoms with Crippen LogP contribution in [0.1, 0.15) is 22.8 Å². The molecule has 0 fully saturated rings. The maximum Gasteiger partial charge on any atom is 0.339 e. The summed E-state index contributed by atoms with van der Waals surface area (Å²) < 4.78 is 34.9. The van der Waals surface area contributed by atoms with E-state index in [2.05, 4.69) is 0 Å². The van der Waals surface area contributed by atoms with Gasteiger partial charge in [0.1, 0.15) is 12.4 Å². The SMILES string of the molecule is CCS(=O)(=O)c1ccccc1C(=O)OCc1ccc2cc(OC)ccc2c1. The fourth-order valence-corrected chi connectivity index (χ4v) is 3.86. The molecule has 0 amide bonds. The molecule has 0 aliphatic carbocycles. The third kappa shape index (κ3) is 4.11. The van der Waals surface area contributed by atoms with E-state index in [1.54, 1.807) is 26.2 Å². The van der Waals surface area contributed by atoms with Gasteiger partial charge in [-0.2, -0.15) is 0 Å². The van der Waals surface area contributed by atoms with Gasteiger partial charge in [0, 0.05) is 0 Å². The van der Waals surface area contributed by atoms with Gasteiger partial charge in [-0.1, -0.05) is 37.3 Å². The van der Waals surface area contributed by atoms with Gasteiger partial charge >= 0.3 is 5.97 Å². The van der Waals surface area contributed by atoms with Crippen molar-refractivity contribution in [2.45, 2.75) is 18.4 Å². The van der Waals surface area contributed by atoms with Crippen LogP contribution in [0.25, 0.3) is 10.8 Å². The molecule has 5 nitrogen and oxygen atoms in total. The van der Waals surface area contributed by atoms with Crippen molar-refractivity contribution in [3.63, 3.8) is 0 Å². The Kier molecular flexibility index (Phi) is 5.46. The number of fused-ring (bicyclic) bond motifs is 1. The number of rotatable bonds is 6. The first kappa shape index (κ1) is 18.9. The standard InChI is InChI=1S/C21H20O5S/c1-3-27(23,24)20-7-5-4-6-19(20)21(22)26-14-15-8-9-17-13-18(25-2)11-10-16(17)12-15/h4-13H,3,14H2,1-2H3. The monoisotopic (exact) mass is 384 g/mol. The van der Waals surface area contributed by atoms with Gasteiger partial charge < -0.3 is 9.47 Å². The smallest absolute Gasteiger partial charge is 0.339 e. The van der Waals surface area contributed by atoms with E-state index < -0.39 is 15.8 Å². The second kappa shape index (κ2) is 7.80. The fourth-order valence-electron chi connectivity index (χ4n) is 2.78. The highest BCUT2D eigenvalue weighted by Gasteiger charge is 2.21. The van der Waals surface area contributed by atoms with Gasteiger partial charge in [-0.15, -0.1) is 0 Å². The molecule has 0 spiro atoms. The number of ether oxygens (including phenoxy) is 2. The van der Waals surface area contributed by atoms with Gasteiger partial charge in [0.2, 0.25) is 0 Å². The van der Waals surface area contributed by atoms with E-state index in [9.17, 15) is 13.2 Å². The molecule has 3 rings (SSSR count). The molecule has 0 saturated carbocycles. The second-order valence-corrected chi connectivity index (χ2v) is 8.27. The molecule has 6 heteroatoms. The van der Waals surface area contributed by atoms with Crippen LogP contribution in [0.4, 0.5) is 0 Å². The zero-order valence-corrected chi connectivity index (χ0v) is 16.0. The Balaban J connectivity index is 1.79. The number of benzene rings is 3. The third-order valence-corrected chi connectivity index (χ3v) is 6.09. The Morgan fingerprint density at radius 3 is 2.41 bits per heavy atom. The van der Waals surface area contributed by atoms with Crippen LogP contribution in [0.3, 0.4) is 0 Å². The predicted octanol–water partition coefficient (Wildman–Crippen LogP) is 4.00. The quantitative estimate of drug-likeness (QED) is 0.601. The summed E-state index contributed by atoms with van der Waals surface area (Å²) in [5.41, 5.74) is 0.877. The van der Waals surface area contributed by atoms with Crippen molar-refractivity contribution in [1.82, 2.24) is 0 Å². The van der Waals surface area contributed by atoms with Crippen LogP contribution in [0.15, 0.2) is 65.6 Å². The average molecular weight is 384 g/mol. The molecule has 0 aliphatic heterocycles. The molecule has 0 N–H and O–H groups in total. The molecule has 3 aromatic rings. The van der Waals surface area contributed by atoms with Crippen molar-refractivity contribution in [3.05, 3.63) is 71.8 Å². The predicted molar refractivity (Wildman–Crippen MR) is 104 cm³/mol. The highest BCUT2D eigenvalue weighted by Crippen LogP contribution is 2.23. The lowest BCUT2D eigenvalue weighted by molar-refractivity contribution is 0.0468. The molecule has 140 valence electrons. The molecule has 27 heavy (non-hydrogen) atoms. The summed E-state index contributed by atoms with van der Waals surface area (Å²) in [6.07, 6.45) is 0. The Morgan fingerprint density at radius 2 is 1.67 bits per heavy atom. The summed E-state index contributed by atoms with van der Waals surface area (Å²) in [4.78, 5) is 12.4. The van der Waals surface area contributed by atoms with Crippen LogP contribution < -0.4 is 4.74 Å². The van der Waals surface area contributed by atoms with E-state index in [0.717, 1.165) is 22.1 Å². The molecule has 0 radical (unpaired) electrons. The Labute approximate surface area is 158 Å². The number of carbonyl (C=O) groups is 1. The minimum atomic E-state index is -3.50. The molecule has 0 atom stereocenters. The van der Waals surface area contributed by atoms with Crippen molar-refractivity contribution in [1.29, 1.82) is 0 Å². The Bertz CT molecular complexity index is 1090. The summed E-state index contributed by atoms with van der Waals surface area (Å²) in [5, 5.41) is 2.02. The Hall–Kier alpha value is -2.86. The van der Waals surface area contributed by atoms with Gasteiger partial charge in [0.15, 0.2) is 9.84 Å². The normalized spacial score (nSPS) is 11.3. The topological polar surface area (TPSA) is 69.7 Å². The van der Waals surface area contributed by atoms with Gasteiger partial charge in [0.05, 0.1) is 23.3 Å². The van der Waals surface area contributed by atoms with E-state index in [1.165, 1.54) is 12.1 Å². The summed E-state index contributed by atoms with van der Waals surface area (Å²) in [7, 11) is -1.89. The van der Waals surface area contributed by atoms with Crippen LogP contribution in [0.5, 0.6) is 5.75 Å². The van der Waals surface area contributed by atoms with E-state index >= 15 is 0 Å². The lowest BCUT2D eigenvalue weighted by atomic mass is 10.1. The largest absolute Gasteiger partial charge is 0.497 e. The van der Waals surface area contributed by atoms with Crippen molar-refractivity contribution in [2.24, 2.45) is 0 Å². The number of sulfone groups is 1. The van der Waals surface area contributed by atoms with Gasteiger partial charge in [-0.25, -0.2) is 13.2 Å². The van der Waals surface area contributed by atoms with Crippen LogP contribution in [-0.4, -0.2) is 27.2 Å². The highest BCUT2D eigenvalue weighted by atomic mass is 32.2. The first-order valence-corrected chi connectivity index (χ1v) is 10.2. The summed E-state index contributed by atoms with van der Waals surface area (Å²) in [6, 6.07) is 17.6. The van der Waals surface area contributed by atoms with Gasteiger partial charge in [0.25, 0.3) is 0 Å². The zero-order valence-electron chi connectivity index (χ0n) is 15.1. The maximum atomic E-state index is 12.4. The van der Waals surface area contributed by atoms with Crippen LogP contribution >= 0.6 is 0 Å². The number of hydrogen-bond donors (Lipinski definition) is 0. The molecule has 0 bridgehead atoms. The van der Waals surface area contributed by atoms with E-state index in [1.807, 2.05) is 36.4 Å².